The molecular weight excluding hydrogens is 355 g/mol. The van der Waals surface area contributed by atoms with E-state index in [-0.39, 0.29) is 24.0 Å². The molecular formula is C23H31FN2O2. The van der Waals surface area contributed by atoms with Crippen LogP contribution in [0.15, 0.2) is 36.2 Å². The Balaban J connectivity index is 1.40. The molecule has 5 heteroatoms. The van der Waals surface area contributed by atoms with Gasteiger partial charge in [-0.2, -0.15) is 0 Å². The Kier molecular flexibility index (Phi) is 5.46. The third kappa shape index (κ3) is 3.45. The molecule has 4 nitrogen and oxygen atoms in total. The third-order valence-corrected chi connectivity index (χ3v) is 7.40. The molecule has 4 aliphatic rings. The van der Waals surface area contributed by atoms with Crippen molar-refractivity contribution in [2.24, 2.45) is 11.1 Å². The molecule has 2 bridgehead atoms. The summed E-state index contributed by atoms with van der Waals surface area (Å²) in [6.45, 7) is 2.25. The molecule has 1 aliphatic heterocycles. The fraction of sp³-hybridized carbons (Fsp3) is 0.609. The zero-order valence-corrected chi connectivity index (χ0v) is 16.6. The van der Waals surface area contributed by atoms with Crippen LogP contribution in [0.4, 0.5) is 4.39 Å². The minimum Gasteiger partial charge on any atom is -0.489 e. The average molecular weight is 387 g/mol. The van der Waals surface area contributed by atoms with Crippen LogP contribution in [0.2, 0.25) is 0 Å². The smallest absolute Gasteiger partial charge is 0.228 e. The number of rotatable bonds is 6. The lowest BCUT2D eigenvalue weighted by atomic mass is 9.51. The monoisotopic (exact) mass is 386 g/mol. The zero-order chi connectivity index (χ0) is 19.6. The van der Waals surface area contributed by atoms with Gasteiger partial charge in [-0.25, -0.2) is 4.39 Å². The number of ether oxygens (including phenoxy) is 1. The Morgan fingerprint density at radius 1 is 1.07 bits per heavy atom. The van der Waals surface area contributed by atoms with Crippen LogP contribution in [0.5, 0.6) is 5.75 Å². The van der Waals surface area contributed by atoms with Gasteiger partial charge in [-0.15, -0.1) is 0 Å². The molecule has 152 valence electrons. The summed E-state index contributed by atoms with van der Waals surface area (Å²) in [6, 6.07) is 8.25. The number of nitrogens with two attached hydrogens (primary N) is 1. The SMILES string of the molecule is NCC(=CF)COc1ccc(C23CCC(C(=O)N4CCCC4)(CC2)CC3)cc1. The largest absolute Gasteiger partial charge is 0.489 e. The first-order valence-electron chi connectivity index (χ1n) is 10.6. The first-order valence-corrected chi connectivity index (χ1v) is 10.6. The van der Waals surface area contributed by atoms with Crippen molar-refractivity contribution in [1.82, 2.24) is 4.90 Å². The van der Waals surface area contributed by atoms with Gasteiger partial charge in [0.15, 0.2) is 0 Å². The Morgan fingerprint density at radius 2 is 1.68 bits per heavy atom. The second-order valence-electron chi connectivity index (χ2n) is 8.84. The van der Waals surface area contributed by atoms with E-state index in [0.717, 1.165) is 70.2 Å². The van der Waals surface area contributed by atoms with Gasteiger partial charge >= 0.3 is 0 Å². The van der Waals surface area contributed by atoms with E-state index in [1.165, 1.54) is 5.56 Å². The third-order valence-electron chi connectivity index (χ3n) is 7.40. The maximum atomic E-state index is 13.1. The maximum Gasteiger partial charge on any atom is 0.228 e. The predicted molar refractivity (Wildman–Crippen MR) is 108 cm³/mol. The van der Waals surface area contributed by atoms with Crippen molar-refractivity contribution in [3.05, 3.63) is 41.7 Å². The number of halogens is 1. The summed E-state index contributed by atoms with van der Waals surface area (Å²) in [4.78, 5) is 15.2. The van der Waals surface area contributed by atoms with Crippen molar-refractivity contribution in [3.8, 4) is 5.75 Å². The fourth-order valence-corrected chi connectivity index (χ4v) is 5.41. The van der Waals surface area contributed by atoms with Crippen LogP contribution < -0.4 is 10.5 Å². The molecule has 1 aromatic carbocycles. The number of hydrogen-bond acceptors (Lipinski definition) is 3. The molecule has 1 heterocycles. The van der Waals surface area contributed by atoms with Gasteiger partial charge in [-0.3, -0.25) is 4.79 Å². The lowest BCUT2D eigenvalue weighted by Crippen LogP contribution is -2.52. The molecule has 4 fully saturated rings. The summed E-state index contributed by atoms with van der Waals surface area (Å²) in [5.41, 5.74) is 7.37. The summed E-state index contributed by atoms with van der Waals surface area (Å²) in [6.07, 6.45) is 9.17. The van der Waals surface area contributed by atoms with Crippen LogP contribution in [-0.2, 0) is 10.2 Å². The summed E-state index contributed by atoms with van der Waals surface area (Å²) < 4.78 is 18.2. The van der Waals surface area contributed by atoms with Crippen molar-refractivity contribution < 1.29 is 13.9 Å². The summed E-state index contributed by atoms with van der Waals surface area (Å²) >= 11 is 0. The Bertz CT molecular complexity index is 713. The average Bonchev–Trinajstić information content (AvgIpc) is 3.30. The summed E-state index contributed by atoms with van der Waals surface area (Å²) in [5.74, 6) is 1.16. The fourth-order valence-electron chi connectivity index (χ4n) is 5.41. The molecule has 28 heavy (non-hydrogen) atoms. The quantitative estimate of drug-likeness (QED) is 0.801. The van der Waals surface area contributed by atoms with Crippen LogP contribution >= 0.6 is 0 Å². The Hall–Kier alpha value is -1.88. The van der Waals surface area contributed by atoms with E-state index in [0.29, 0.717) is 17.8 Å². The van der Waals surface area contributed by atoms with Crippen molar-refractivity contribution in [1.29, 1.82) is 0 Å². The number of nitrogens with zero attached hydrogens (tertiary/aromatic N) is 1. The molecule has 0 aromatic heterocycles. The number of benzene rings is 1. The molecule has 1 aromatic rings. The molecule has 1 amide bonds. The number of carbonyl (C=O) groups excluding carboxylic acids is 1. The van der Waals surface area contributed by atoms with Crippen LogP contribution in [0, 0.1) is 5.41 Å². The topological polar surface area (TPSA) is 55.6 Å². The van der Waals surface area contributed by atoms with Crippen LogP contribution in [-0.4, -0.2) is 37.0 Å². The molecule has 0 atom stereocenters. The second-order valence-corrected chi connectivity index (χ2v) is 8.84. The van der Waals surface area contributed by atoms with Gasteiger partial charge < -0.3 is 15.4 Å². The standard InChI is InChI=1S/C23H31FN2O2/c24-15-18(16-25)17-28-20-5-3-19(4-6-20)22-7-10-23(11-8-22,12-9-22)21(27)26-13-1-2-14-26/h3-6,15H,1-2,7-14,16-17,25H2. The highest BCUT2D eigenvalue weighted by molar-refractivity contribution is 5.83. The molecule has 3 saturated carbocycles. The van der Waals surface area contributed by atoms with Crippen LogP contribution in [0.1, 0.15) is 56.9 Å². The van der Waals surface area contributed by atoms with Crippen LogP contribution in [0.3, 0.4) is 0 Å². The van der Waals surface area contributed by atoms with E-state index in [1.807, 2.05) is 12.1 Å². The van der Waals surface area contributed by atoms with Gasteiger partial charge in [-0.05, 0) is 74.5 Å². The molecule has 0 unspecified atom stereocenters. The Morgan fingerprint density at radius 3 is 2.21 bits per heavy atom. The van der Waals surface area contributed by atoms with E-state index in [1.54, 1.807) is 0 Å². The van der Waals surface area contributed by atoms with Crippen molar-refractivity contribution in [3.63, 3.8) is 0 Å². The summed E-state index contributed by atoms with van der Waals surface area (Å²) in [7, 11) is 0. The number of likely N-dealkylation sites (tertiary alicyclic amines) is 1. The normalized spacial score (nSPS) is 29.9. The highest BCUT2D eigenvalue weighted by Crippen LogP contribution is 2.58. The molecule has 1 saturated heterocycles. The first kappa shape index (κ1) is 19.4. The molecule has 2 N–H and O–H groups in total. The lowest BCUT2D eigenvalue weighted by Gasteiger charge is -2.53. The minimum absolute atomic E-state index is 0.0908. The predicted octanol–water partition coefficient (Wildman–Crippen LogP) is 4.09. The van der Waals surface area contributed by atoms with Gasteiger partial charge in [0.05, 0.1) is 6.33 Å². The van der Waals surface area contributed by atoms with Gasteiger partial charge in [0.25, 0.3) is 0 Å². The first-order chi connectivity index (χ1) is 13.6. The van der Waals surface area contributed by atoms with Gasteiger partial charge in [-0.1, -0.05) is 12.1 Å². The molecule has 3 aliphatic carbocycles. The molecule has 0 spiro atoms. The molecule has 5 rings (SSSR count). The Labute approximate surface area is 166 Å². The van der Waals surface area contributed by atoms with Gasteiger partial charge in [0.2, 0.25) is 5.91 Å². The lowest BCUT2D eigenvalue weighted by molar-refractivity contribution is -0.148. The van der Waals surface area contributed by atoms with E-state index >= 15 is 0 Å². The van der Waals surface area contributed by atoms with Crippen molar-refractivity contribution in [2.45, 2.75) is 56.8 Å². The van der Waals surface area contributed by atoms with Crippen molar-refractivity contribution in [2.75, 3.05) is 26.2 Å². The summed E-state index contributed by atoms with van der Waals surface area (Å²) in [5, 5.41) is 0. The number of fused-ring (bicyclic) bond motifs is 3. The zero-order valence-electron chi connectivity index (χ0n) is 16.6. The van der Waals surface area contributed by atoms with Crippen LogP contribution in [0.25, 0.3) is 0 Å². The minimum atomic E-state index is -0.0908. The van der Waals surface area contributed by atoms with E-state index in [9.17, 15) is 9.18 Å². The molecule has 0 radical (unpaired) electrons. The van der Waals surface area contributed by atoms with Gasteiger partial charge in [0, 0.05) is 30.6 Å². The van der Waals surface area contributed by atoms with E-state index in [4.69, 9.17) is 10.5 Å². The maximum absolute atomic E-state index is 13.1. The van der Waals surface area contributed by atoms with E-state index in [2.05, 4.69) is 17.0 Å². The van der Waals surface area contributed by atoms with Gasteiger partial charge in [0.1, 0.15) is 12.4 Å². The highest BCUT2D eigenvalue weighted by Gasteiger charge is 2.53. The van der Waals surface area contributed by atoms with Crippen molar-refractivity contribution >= 4 is 5.91 Å². The highest BCUT2D eigenvalue weighted by atomic mass is 19.1. The van der Waals surface area contributed by atoms with E-state index < -0.39 is 0 Å². The second kappa shape index (κ2) is 7.86. The number of carbonyl (C=O) groups is 1. The number of amides is 1. The number of hydrogen-bond donors (Lipinski definition) is 1.